The van der Waals surface area contributed by atoms with Gasteiger partial charge in [0.05, 0.1) is 23.2 Å². The van der Waals surface area contributed by atoms with Crippen LogP contribution in [0.1, 0.15) is 20.1 Å². The lowest BCUT2D eigenvalue weighted by atomic mass is 10.2. The van der Waals surface area contributed by atoms with Gasteiger partial charge in [0.25, 0.3) is 5.91 Å². The van der Waals surface area contributed by atoms with Crippen molar-refractivity contribution in [1.82, 2.24) is 10.3 Å². The van der Waals surface area contributed by atoms with E-state index in [1.807, 2.05) is 12.1 Å². The molecule has 0 saturated carbocycles. The van der Waals surface area contributed by atoms with Crippen LogP contribution in [0.4, 0.5) is 4.39 Å². The minimum absolute atomic E-state index is 0.182. The number of hydrogen-bond donors (Lipinski definition) is 2. The van der Waals surface area contributed by atoms with Crippen LogP contribution in [0.3, 0.4) is 0 Å². The normalized spacial score (nSPS) is 9.70. The van der Waals surface area contributed by atoms with E-state index < -0.39 is 5.82 Å². The van der Waals surface area contributed by atoms with Gasteiger partial charge in [0.15, 0.2) is 0 Å². The van der Waals surface area contributed by atoms with Gasteiger partial charge in [0, 0.05) is 11.1 Å². The maximum atomic E-state index is 12.9. The number of aromatic nitrogens is 1. The highest BCUT2D eigenvalue weighted by Gasteiger charge is 2.07. The largest absolute Gasteiger partial charge is 0.384 e. The lowest BCUT2D eigenvalue weighted by Gasteiger charge is -2.02. The number of hydrogen-bond acceptors (Lipinski definition) is 4. The summed E-state index contributed by atoms with van der Waals surface area (Å²) in [5, 5.41) is 11.3. The van der Waals surface area contributed by atoms with E-state index in [0.29, 0.717) is 6.54 Å². The average molecular weight is 290 g/mol. The third-order valence-electron chi connectivity index (χ3n) is 2.34. The predicted octanol–water partition coefficient (Wildman–Crippen LogP) is 1.56. The minimum Gasteiger partial charge on any atom is -0.384 e. The van der Waals surface area contributed by atoms with Crippen molar-refractivity contribution in [1.29, 1.82) is 0 Å². The first-order valence-electron chi connectivity index (χ1n) is 5.76. The van der Waals surface area contributed by atoms with Gasteiger partial charge in [-0.05, 0) is 18.2 Å². The molecule has 0 saturated heterocycles. The second-order valence-electron chi connectivity index (χ2n) is 3.80. The number of aliphatic hydroxyl groups is 1. The Bertz CT molecular complexity index is 673. The Balaban J connectivity index is 1.95. The van der Waals surface area contributed by atoms with Crippen molar-refractivity contribution in [2.24, 2.45) is 0 Å². The van der Waals surface area contributed by atoms with Gasteiger partial charge in [-0.1, -0.05) is 11.8 Å². The molecule has 0 atom stereocenters. The predicted molar refractivity (Wildman–Crippen MR) is 73.6 cm³/mol. The summed E-state index contributed by atoms with van der Waals surface area (Å²) < 4.78 is 12.9. The van der Waals surface area contributed by atoms with E-state index >= 15 is 0 Å². The van der Waals surface area contributed by atoms with E-state index in [4.69, 9.17) is 5.11 Å². The summed E-state index contributed by atoms with van der Waals surface area (Å²) in [6.45, 7) is 0.150. The molecule has 0 aromatic carbocycles. The molecule has 0 aliphatic rings. The van der Waals surface area contributed by atoms with Gasteiger partial charge in [-0.15, -0.1) is 11.3 Å². The molecule has 2 heterocycles. The van der Waals surface area contributed by atoms with Crippen LogP contribution in [0.25, 0.3) is 0 Å². The van der Waals surface area contributed by atoms with Crippen molar-refractivity contribution in [2.45, 2.75) is 6.54 Å². The Hall–Kier alpha value is -2.23. The first-order chi connectivity index (χ1) is 9.69. The smallest absolute Gasteiger partial charge is 0.253 e. The van der Waals surface area contributed by atoms with Crippen LogP contribution in [0.2, 0.25) is 0 Å². The number of nitrogens with zero attached hydrogens (tertiary/aromatic N) is 1. The summed E-state index contributed by atoms with van der Waals surface area (Å²) in [6.07, 6.45) is 2.35. The molecular formula is C14H11FN2O2S. The van der Waals surface area contributed by atoms with Gasteiger partial charge >= 0.3 is 0 Å². The highest BCUT2D eigenvalue weighted by molar-refractivity contribution is 7.12. The SMILES string of the molecule is O=C(NCc1ccc(C#CCO)s1)c1cncc(F)c1. The molecule has 0 aliphatic heterocycles. The van der Waals surface area contributed by atoms with Crippen LogP contribution in [-0.4, -0.2) is 22.6 Å². The molecule has 0 spiro atoms. The first-order valence-corrected chi connectivity index (χ1v) is 6.58. The van der Waals surface area contributed by atoms with Crippen molar-refractivity contribution in [3.63, 3.8) is 0 Å². The molecule has 0 fully saturated rings. The molecule has 2 N–H and O–H groups in total. The maximum Gasteiger partial charge on any atom is 0.253 e. The van der Waals surface area contributed by atoms with Crippen molar-refractivity contribution in [3.8, 4) is 11.8 Å². The van der Waals surface area contributed by atoms with Crippen LogP contribution in [0, 0.1) is 17.7 Å². The van der Waals surface area contributed by atoms with Crippen LogP contribution in [-0.2, 0) is 6.54 Å². The number of pyridine rings is 1. The lowest BCUT2D eigenvalue weighted by molar-refractivity contribution is 0.0950. The molecule has 2 aromatic rings. The van der Waals surface area contributed by atoms with E-state index in [1.165, 1.54) is 17.5 Å². The summed E-state index contributed by atoms with van der Waals surface area (Å²) >= 11 is 1.42. The van der Waals surface area contributed by atoms with Crippen molar-refractivity contribution in [2.75, 3.05) is 6.61 Å². The number of thiophene rings is 1. The average Bonchev–Trinajstić information content (AvgIpc) is 2.90. The van der Waals surface area contributed by atoms with Gasteiger partial charge in [-0.2, -0.15) is 0 Å². The van der Waals surface area contributed by atoms with Crippen LogP contribution < -0.4 is 5.32 Å². The fourth-order valence-corrected chi connectivity index (χ4v) is 2.29. The fourth-order valence-electron chi connectivity index (χ4n) is 1.47. The summed E-state index contributed by atoms with van der Waals surface area (Å²) in [5.41, 5.74) is 0.182. The molecule has 2 rings (SSSR count). The van der Waals surface area contributed by atoms with E-state index in [9.17, 15) is 9.18 Å². The number of carbonyl (C=O) groups is 1. The summed E-state index contributed by atoms with van der Waals surface area (Å²) in [4.78, 5) is 17.1. The van der Waals surface area contributed by atoms with Gasteiger partial charge in [-0.3, -0.25) is 9.78 Å². The molecule has 2 aromatic heterocycles. The Morgan fingerprint density at radius 3 is 3.05 bits per heavy atom. The number of aliphatic hydroxyl groups excluding tert-OH is 1. The number of nitrogens with one attached hydrogen (secondary N) is 1. The Labute approximate surface area is 119 Å². The summed E-state index contributed by atoms with van der Waals surface area (Å²) in [6, 6.07) is 4.80. The van der Waals surface area contributed by atoms with Crippen LogP contribution in [0.5, 0.6) is 0 Å². The highest BCUT2D eigenvalue weighted by Crippen LogP contribution is 2.15. The van der Waals surface area contributed by atoms with E-state index in [2.05, 4.69) is 22.1 Å². The van der Waals surface area contributed by atoms with Crippen LogP contribution in [0.15, 0.2) is 30.6 Å². The van der Waals surface area contributed by atoms with Gasteiger partial charge in [0.2, 0.25) is 0 Å². The second kappa shape index (κ2) is 6.80. The van der Waals surface area contributed by atoms with E-state index in [-0.39, 0.29) is 18.1 Å². The fraction of sp³-hybridized carbons (Fsp3) is 0.143. The van der Waals surface area contributed by atoms with Crippen molar-refractivity contribution in [3.05, 3.63) is 51.7 Å². The third-order valence-corrected chi connectivity index (χ3v) is 3.34. The zero-order valence-electron chi connectivity index (χ0n) is 10.4. The van der Waals surface area contributed by atoms with Crippen LogP contribution >= 0.6 is 11.3 Å². The van der Waals surface area contributed by atoms with Gasteiger partial charge < -0.3 is 10.4 Å². The maximum absolute atomic E-state index is 12.9. The van der Waals surface area contributed by atoms with E-state index in [1.54, 1.807) is 0 Å². The first kappa shape index (κ1) is 14.2. The molecule has 0 bridgehead atoms. The lowest BCUT2D eigenvalue weighted by Crippen LogP contribution is -2.22. The zero-order chi connectivity index (χ0) is 14.4. The molecule has 0 aliphatic carbocycles. The Morgan fingerprint density at radius 1 is 1.45 bits per heavy atom. The van der Waals surface area contributed by atoms with Gasteiger partial charge in [-0.25, -0.2) is 4.39 Å². The molecule has 0 unspecified atom stereocenters. The van der Waals surface area contributed by atoms with E-state index in [0.717, 1.165) is 22.0 Å². The quantitative estimate of drug-likeness (QED) is 0.843. The zero-order valence-corrected chi connectivity index (χ0v) is 11.2. The topological polar surface area (TPSA) is 62.2 Å². The number of carbonyl (C=O) groups excluding carboxylic acids is 1. The summed E-state index contributed by atoms with van der Waals surface area (Å²) in [5.74, 6) is 4.41. The minimum atomic E-state index is -0.546. The molecular weight excluding hydrogens is 279 g/mol. The Morgan fingerprint density at radius 2 is 2.30 bits per heavy atom. The molecule has 4 nitrogen and oxygen atoms in total. The molecule has 20 heavy (non-hydrogen) atoms. The second-order valence-corrected chi connectivity index (χ2v) is 4.97. The number of halogens is 1. The molecule has 1 amide bonds. The molecule has 0 radical (unpaired) electrons. The standard InChI is InChI=1S/C14H11FN2O2S/c15-11-6-10(7-16-8-11)14(19)17-9-13-4-3-12(20-13)2-1-5-18/h3-4,6-8,18H,5,9H2,(H,17,19). The number of rotatable bonds is 3. The van der Waals surface area contributed by atoms with Crippen molar-refractivity contribution < 1.29 is 14.3 Å². The monoisotopic (exact) mass is 290 g/mol. The third kappa shape index (κ3) is 3.88. The van der Waals surface area contributed by atoms with Gasteiger partial charge in [0.1, 0.15) is 12.4 Å². The molecule has 6 heteroatoms. The molecule has 102 valence electrons. The Kier molecular flexibility index (Phi) is 4.82. The number of amides is 1. The highest BCUT2D eigenvalue weighted by atomic mass is 32.1. The van der Waals surface area contributed by atoms with Crippen molar-refractivity contribution >= 4 is 17.2 Å². The summed E-state index contributed by atoms with van der Waals surface area (Å²) in [7, 11) is 0.